The summed E-state index contributed by atoms with van der Waals surface area (Å²) < 4.78 is 4.80. The third-order valence-corrected chi connectivity index (χ3v) is 1.97. The number of ether oxygens (including phenoxy) is 1. The zero-order chi connectivity index (χ0) is 8.65. The van der Waals surface area contributed by atoms with E-state index in [-0.39, 0.29) is 5.78 Å². The van der Waals surface area contributed by atoms with Crippen LogP contribution in [0.5, 0.6) is 0 Å². The molecule has 0 saturated carbocycles. The maximum absolute atomic E-state index is 10.1. The second kappa shape index (κ2) is 5.66. The number of allylic oxidation sites excluding steroid dienone is 3. The van der Waals surface area contributed by atoms with E-state index < -0.39 is 0 Å². The van der Waals surface area contributed by atoms with Crippen molar-refractivity contribution in [1.29, 1.82) is 0 Å². The van der Waals surface area contributed by atoms with Gasteiger partial charge in [0.1, 0.15) is 6.61 Å². The van der Waals surface area contributed by atoms with E-state index in [1.54, 1.807) is 24.1 Å². The first-order chi connectivity index (χ1) is 5.89. The number of carbonyl (C=O) groups excluding carboxylic acids is 1. The fourth-order valence-corrected chi connectivity index (χ4v) is 1.25. The van der Waals surface area contributed by atoms with Gasteiger partial charge in [0.05, 0.1) is 12.0 Å². The Morgan fingerprint density at radius 3 is 2.50 bits per heavy atom. The lowest BCUT2D eigenvalue weighted by Gasteiger charge is -1.94. The Morgan fingerprint density at radius 1 is 1.42 bits per heavy atom. The molecule has 0 spiro atoms. The Labute approximate surface area is 76.0 Å². The lowest BCUT2D eigenvalue weighted by Crippen LogP contribution is -1.86. The molecule has 0 radical (unpaired) electrons. The first kappa shape index (κ1) is 9.13. The average Bonchev–Trinajstić information content (AvgIpc) is 2.60. The Hall–Kier alpha value is -0.960. The van der Waals surface area contributed by atoms with Crippen molar-refractivity contribution in [1.82, 2.24) is 0 Å². The smallest absolute Gasteiger partial charge is 0.166 e. The van der Waals surface area contributed by atoms with Crippen LogP contribution in [-0.2, 0) is 9.53 Å². The van der Waals surface area contributed by atoms with Gasteiger partial charge in [0, 0.05) is 0 Å². The minimum absolute atomic E-state index is 0.236. The van der Waals surface area contributed by atoms with E-state index in [2.05, 4.69) is 0 Å². The van der Waals surface area contributed by atoms with Crippen molar-refractivity contribution >= 4 is 17.5 Å². The highest BCUT2D eigenvalue weighted by atomic mass is 32.2. The molecule has 0 aromatic carbocycles. The highest BCUT2D eigenvalue weighted by molar-refractivity contribution is 8.03. The van der Waals surface area contributed by atoms with E-state index >= 15 is 0 Å². The summed E-state index contributed by atoms with van der Waals surface area (Å²) >= 11 is 1.55. The number of rotatable bonds is 0. The van der Waals surface area contributed by atoms with Gasteiger partial charge in [-0.2, -0.15) is 0 Å². The van der Waals surface area contributed by atoms with Crippen molar-refractivity contribution in [3.05, 3.63) is 36.0 Å². The third kappa shape index (κ3) is 4.03. The summed E-state index contributed by atoms with van der Waals surface area (Å²) in [5.74, 6) is 0.889. The van der Waals surface area contributed by atoms with Crippen molar-refractivity contribution in [2.75, 3.05) is 12.4 Å². The van der Waals surface area contributed by atoms with Gasteiger partial charge in [-0.25, -0.2) is 0 Å². The Morgan fingerprint density at radius 2 is 2.33 bits per heavy atom. The van der Waals surface area contributed by atoms with Crippen LogP contribution in [0.25, 0.3) is 0 Å². The van der Waals surface area contributed by atoms with Crippen LogP contribution in [0.2, 0.25) is 0 Å². The second-order valence-corrected chi connectivity index (χ2v) is 3.06. The van der Waals surface area contributed by atoms with Crippen molar-refractivity contribution in [3.8, 4) is 0 Å². The lowest BCUT2D eigenvalue weighted by atomic mass is 10.5. The van der Waals surface area contributed by atoms with Crippen LogP contribution in [0.3, 0.4) is 0 Å². The van der Waals surface area contributed by atoms with Gasteiger partial charge in [0.15, 0.2) is 5.78 Å². The highest BCUT2D eigenvalue weighted by Crippen LogP contribution is 2.08. The van der Waals surface area contributed by atoms with Crippen LogP contribution >= 0.6 is 11.8 Å². The SMILES string of the molecule is C1=CCOC=C1.O=C1C=CSC1. The van der Waals surface area contributed by atoms with Crippen LogP contribution in [0, 0.1) is 0 Å². The van der Waals surface area contributed by atoms with Gasteiger partial charge < -0.3 is 4.74 Å². The molecule has 2 nitrogen and oxygen atoms in total. The largest absolute Gasteiger partial charge is 0.497 e. The molecule has 0 aromatic heterocycles. The summed E-state index contributed by atoms with van der Waals surface area (Å²) in [4.78, 5) is 10.1. The van der Waals surface area contributed by atoms with Crippen molar-refractivity contribution < 1.29 is 9.53 Å². The standard InChI is InChI=1S/C5H6O.C4H4OS/c1-2-4-6-5-3-1;5-4-1-2-6-3-4/h1-4H,5H2;1-2H,3H2. The van der Waals surface area contributed by atoms with Gasteiger partial charge in [0.25, 0.3) is 0 Å². The molecule has 0 amide bonds. The number of thioether (sulfide) groups is 1. The van der Waals surface area contributed by atoms with E-state index in [1.807, 2.05) is 23.6 Å². The Balaban J connectivity index is 0.000000120. The van der Waals surface area contributed by atoms with Crippen molar-refractivity contribution in [3.63, 3.8) is 0 Å². The Kier molecular flexibility index (Phi) is 4.31. The molecule has 2 aliphatic rings. The molecule has 64 valence electrons. The molecule has 0 aromatic rings. The van der Waals surface area contributed by atoms with E-state index in [9.17, 15) is 4.79 Å². The predicted molar refractivity (Wildman–Crippen MR) is 50.8 cm³/mol. The molecule has 2 heterocycles. The third-order valence-electron chi connectivity index (χ3n) is 1.19. The number of hydrogen-bond donors (Lipinski definition) is 0. The van der Waals surface area contributed by atoms with E-state index in [0.717, 1.165) is 6.61 Å². The van der Waals surface area contributed by atoms with Crippen molar-refractivity contribution in [2.45, 2.75) is 0 Å². The molecule has 2 aliphatic heterocycles. The predicted octanol–water partition coefficient (Wildman–Crippen LogP) is 1.90. The first-order valence-electron chi connectivity index (χ1n) is 3.64. The van der Waals surface area contributed by atoms with Crippen LogP contribution < -0.4 is 0 Å². The van der Waals surface area contributed by atoms with Crippen molar-refractivity contribution in [2.24, 2.45) is 0 Å². The molecular weight excluding hydrogens is 172 g/mol. The van der Waals surface area contributed by atoms with E-state index in [0.29, 0.717) is 5.75 Å². The maximum atomic E-state index is 10.1. The van der Waals surface area contributed by atoms with Gasteiger partial charge in [-0.1, -0.05) is 6.08 Å². The molecule has 0 aliphatic carbocycles. The molecular formula is C9H10O2S. The highest BCUT2D eigenvalue weighted by Gasteiger charge is 1.99. The zero-order valence-corrected chi connectivity index (χ0v) is 7.42. The quantitative estimate of drug-likeness (QED) is 0.572. The molecule has 3 heteroatoms. The molecule has 2 rings (SSSR count). The van der Waals surface area contributed by atoms with Gasteiger partial charge in [0.2, 0.25) is 0 Å². The van der Waals surface area contributed by atoms with Crippen LogP contribution in [0.1, 0.15) is 0 Å². The second-order valence-electron chi connectivity index (χ2n) is 2.17. The number of ketones is 1. The molecule has 0 unspecified atom stereocenters. The lowest BCUT2D eigenvalue weighted by molar-refractivity contribution is -0.112. The zero-order valence-electron chi connectivity index (χ0n) is 6.60. The summed E-state index contributed by atoms with van der Waals surface area (Å²) in [6, 6.07) is 0. The van der Waals surface area contributed by atoms with E-state index in [4.69, 9.17) is 4.74 Å². The fourth-order valence-electron chi connectivity index (χ4n) is 0.649. The molecule has 12 heavy (non-hydrogen) atoms. The molecule has 0 fully saturated rings. The summed E-state index contributed by atoms with van der Waals surface area (Å²) in [5.41, 5.74) is 0. The molecule has 0 bridgehead atoms. The summed E-state index contributed by atoms with van der Waals surface area (Å²) in [6.45, 7) is 0.733. The summed E-state index contributed by atoms with van der Waals surface area (Å²) in [7, 11) is 0. The number of hydrogen-bond acceptors (Lipinski definition) is 3. The normalized spacial score (nSPS) is 18.5. The summed E-state index contributed by atoms with van der Waals surface area (Å²) in [6.07, 6.45) is 9.07. The van der Waals surface area contributed by atoms with Crippen LogP contribution in [0.4, 0.5) is 0 Å². The molecule has 0 N–H and O–H groups in total. The molecule has 0 atom stereocenters. The van der Waals surface area contributed by atoms with Gasteiger partial charge >= 0.3 is 0 Å². The van der Waals surface area contributed by atoms with Crippen LogP contribution in [0.15, 0.2) is 36.0 Å². The van der Waals surface area contributed by atoms with E-state index in [1.165, 1.54) is 0 Å². The van der Waals surface area contributed by atoms with Crippen LogP contribution in [-0.4, -0.2) is 18.1 Å². The summed E-state index contributed by atoms with van der Waals surface area (Å²) in [5, 5.41) is 1.82. The first-order valence-corrected chi connectivity index (χ1v) is 4.69. The minimum Gasteiger partial charge on any atom is -0.497 e. The molecule has 0 saturated heterocycles. The van der Waals surface area contributed by atoms with Gasteiger partial charge in [-0.05, 0) is 23.6 Å². The number of carbonyl (C=O) groups is 1. The topological polar surface area (TPSA) is 26.3 Å². The average molecular weight is 182 g/mol. The van der Waals surface area contributed by atoms with Gasteiger partial charge in [-0.3, -0.25) is 4.79 Å². The fraction of sp³-hybridized carbons (Fsp3) is 0.222. The minimum atomic E-state index is 0.236. The maximum Gasteiger partial charge on any atom is 0.166 e. The Bertz CT molecular complexity index is 217. The van der Waals surface area contributed by atoms with Gasteiger partial charge in [-0.15, -0.1) is 11.8 Å². The monoisotopic (exact) mass is 182 g/mol.